The van der Waals surface area contributed by atoms with Gasteiger partial charge in [0.1, 0.15) is 17.3 Å². The summed E-state index contributed by atoms with van der Waals surface area (Å²) in [5.74, 6) is -2.61. The van der Waals surface area contributed by atoms with Crippen LogP contribution in [-0.2, 0) is 16.0 Å². The van der Waals surface area contributed by atoms with Gasteiger partial charge in [0.2, 0.25) is 5.88 Å². The van der Waals surface area contributed by atoms with E-state index in [2.05, 4.69) is 25.3 Å². The molecule has 0 saturated carbocycles. The molecule has 10 nitrogen and oxygen atoms in total. The van der Waals surface area contributed by atoms with Crippen LogP contribution in [0.5, 0.6) is 5.88 Å². The molecule has 0 aliphatic carbocycles. The van der Waals surface area contributed by atoms with E-state index in [9.17, 15) is 30.8 Å². The average Bonchev–Trinajstić information content (AvgIpc) is 2.84. The number of carbonyl (C=O) groups is 1. The molecule has 0 fully saturated rings. The first-order chi connectivity index (χ1) is 17.4. The SMILES string of the molecule is COc1cnc(C(=O)Nc2ccc(F)c(C3CS(=O)(=O)C(c4cc(C(F)(F)F)ccn4)C(N)=N3)c2)cn1. The fourth-order valence-electron chi connectivity index (χ4n) is 3.66. The van der Waals surface area contributed by atoms with Crippen LogP contribution in [0.25, 0.3) is 0 Å². The van der Waals surface area contributed by atoms with Crippen molar-refractivity contribution < 1.29 is 35.5 Å². The molecule has 3 N–H and O–H groups in total. The Labute approximate surface area is 207 Å². The molecule has 4 rings (SSSR count). The summed E-state index contributed by atoms with van der Waals surface area (Å²) in [6.07, 6.45) is -1.51. The minimum atomic E-state index is -4.73. The number of methoxy groups -OCH3 is 1. The van der Waals surface area contributed by atoms with Crippen molar-refractivity contribution in [3.8, 4) is 5.88 Å². The Morgan fingerprint density at radius 3 is 2.51 bits per heavy atom. The number of aromatic nitrogens is 3. The highest BCUT2D eigenvalue weighted by Crippen LogP contribution is 2.37. The number of nitrogens with zero attached hydrogens (tertiary/aromatic N) is 4. The average molecular weight is 538 g/mol. The minimum absolute atomic E-state index is 0.0642. The number of rotatable bonds is 5. The number of benzene rings is 1. The zero-order valence-corrected chi connectivity index (χ0v) is 19.7. The molecule has 15 heteroatoms. The number of sulfone groups is 1. The van der Waals surface area contributed by atoms with Crippen molar-refractivity contribution in [2.75, 3.05) is 18.2 Å². The van der Waals surface area contributed by atoms with Gasteiger partial charge in [0, 0.05) is 17.4 Å². The lowest BCUT2D eigenvalue weighted by Crippen LogP contribution is -2.37. The van der Waals surface area contributed by atoms with Crippen molar-refractivity contribution >= 4 is 27.3 Å². The Balaban J connectivity index is 1.63. The van der Waals surface area contributed by atoms with Gasteiger partial charge < -0.3 is 15.8 Å². The van der Waals surface area contributed by atoms with E-state index in [1.165, 1.54) is 31.6 Å². The summed E-state index contributed by atoms with van der Waals surface area (Å²) in [6.45, 7) is 0. The summed E-state index contributed by atoms with van der Waals surface area (Å²) in [6, 6.07) is 3.40. The first-order valence-electron chi connectivity index (χ1n) is 10.4. The number of nitrogens with one attached hydrogen (secondary N) is 1. The number of hydrogen-bond acceptors (Lipinski definition) is 9. The third kappa shape index (κ3) is 5.50. The molecule has 0 saturated heterocycles. The van der Waals surface area contributed by atoms with Crippen molar-refractivity contribution in [1.29, 1.82) is 0 Å². The van der Waals surface area contributed by atoms with Gasteiger partial charge >= 0.3 is 6.18 Å². The second kappa shape index (κ2) is 9.72. The van der Waals surface area contributed by atoms with Crippen LogP contribution in [0.3, 0.4) is 0 Å². The van der Waals surface area contributed by atoms with Gasteiger partial charge in [-0.05, 0) is 30.3 Å². The number of nitrogens with two attached hydrogens (primary N) is 1. The molecule has 2 atom stereocenters. The molecule has 1 aromatic carbocycles. The summed E-state index contributed by atoms with van der Waals surface area (Å²) in [5, 5.41) is 0.764. The maximum absolute atomic E-state index is 14.7. The maximum Gasteiger partial charge on any atom is 0.416 e. The van der Waals surface area contributed by atoms with Crippen LogP contribution in [0, 0.1) is 5.82 Å². The van der Waals surface area contributed by atoms with Crippen molar-refractivity contribution in [2.45, 2.75) is 17.5 Å². The number of alkyl halides is 3. The predicted molar refractivity (Wildman–Crippen MR) is 123 cm³/mol. The van der Waals surface area contributed by atoms with Crippen LogP contribution in [0.2, 0.25) is 0 Å². The number of hydrogen-bond donors (Lipinski definition) is 2. The molecule has 3 aromatic rings. The molecular formula is C22H18F4N6O4S. The summed E-state index contributed by atoms with van der Waals surface area (Å²) in [5.41, 5.74) is 4.17. The Morgan fingerprint density at radius 1 is 1.14 bits per heavy atom. The fraction of sp³-hybridized carbons (Fsp3) is 0.227. The van der Waals surface area contributed by atoms with Crippen molar-refractivity contribution in [2.24, 2.45) is 10.7 Å². The second-order valence-electron chi connectivity index (χ2n) is 7.88. The van der Waals surface area contributed by atoms with Gasteiger partial charge in [-0.3, -0.25) is 14.8 Å². The van der Waals surface area contributed by atoms with Crippen LogP contribution in [0.4, 0.5) is 23.2 Å². The number of halogens is 4. The second-order valence-corrected chi connectivity index (χ2v) is 10.0. The highest BCUT2D eigenvalue weighted by atomic mass is 32.2. The van der Waals surface area contributed by atoms with E-state index in [-0.39, 0.29) is 22.8 Å². The number of anilines is 1. The van der Waals surface area contributed by atoms with Gasteiger partial charge in [0.05, 0.1) is 42.6 Å². The molecule has 0 spiro atoms. The maximum atomic E-state index is 14.7. The molecule has 1 aliphatic heterocycles. The number of pyridine rings is 1. The standard InChI is InChI=1S/C22H18F4N6O4S/c1-36-18-9-29-16(8-30-18)21(33)31-12-2-3-14(23)13(7-12)17-10-37(34,35)19(20(27)32-17)15-6-11(4-5-28-15)22(24,25)26/h2-9,17,19H,10H2,1H3,(H2,27,32)(H,31,33). The van der Waals surface area contributed by atoms with Gasteiger partial charge in [-0.25, -0.2) is 22.8 Å². The number of carbonyl (C=O) groups excluding carboxylic acids is 1. The molecule has 2 unspecified atom stereocenters. The molecular weight excluding hydrogens is 520 g/mol. The lowest BCUT2D eigenvalue weighted by atomic mass is 10.1. The summed E-state index contributed by atoms with van der Waals surface area (Å²) < 4.78 is 85.0. The number of ether oxygens (including phenoxy) is 1. The molecule has 0 radical (unpaired) electrons. The van der Waals surface area contributed by atoms with Crippen LogP contribution in [-0.4, -0.2) is 48.0 Å². The molecule has 194 valence electrons. The first-order valence-corrected chi connectivity index (χ1v) is 12.2. The third-order valence-corrected chi connectivity index (χ3v) is 7.36. The Morgan fingerprint density at radius 2 is 1.89 bits per heavy atom. The molecule has 0 bridgehead atoms. The lowest BCUT2D eigenvalue weighted by molar-refractivity contribution is -0.137. The zero-order valence-electron chi connectivity index (χ0n) is 18.9. The molecule has 1 aliphatic rings. The third-order valence-electron chi connectivity index (χ3n) is 5.38. The van der Waals surface area contributed by atoms with Crippen molar-refractivity contribution in [1.82, 2.24) is 15.0 Å². The summed E-state index contributed by atoms with van der Waals surface area (Å²) in [4.78, 5) is 28.0. The zero-order chi connectivity index (χ0) is 27.0. The highest BCUT2D eigenvalue weighted by molar-refractivity contribution is 7.92. The van der Waals surface area contributed by atoms with E-state index in [4.69, 9.17) is 10.5 Å². The Bertz CT molecular complexity index is 1480. The van der Waals surface area contributed by atoms with Crippen LogP contribution in [0.15, 0.2) is 53.9 Å². The van der Waals surface area contributed by atoms with E-state index in [1.807, 2.05) is 0 Å². The van der Waals surface area contributed by atoms with Gasteiger partial charge in [-0.2, -0.15) is 13.2 Å². The van der Waals surface area contributed by atoms with E-state index < -0.39 is 61.9 Å². The van der Waals surface area contributed by atoms with E-state index in [1.54, 1.807) is 0 Å². The fourth-order valence-corrected chi connectivity index (χ4v) is 5.47. The minimum Gasteiger partial charge on any atom is -0.480 e. The summed E-state index contributed by atoms with van der Waals surface area (Å²) >= 11 is 0. The quantitative estimate of drug-likeness (QED) is 0.471. The highest BCUT2D eigenvalue weighted by Gasteiger charge is 2.41. The topological polar surface area (TPSA) is 150 Å². The van der Waals surface area contributed by atoms with Crippen LogP contribution < -0.4 is 15.8 Å². The Hall–Kier alpha value is -4.14. The van der Waals surface area contributed by atoms with E-state index in [0.29, 0.717) is 12.1 Å². The first kappa shape index (κ1) is 25.9. The van der Waals surface area contributed by atoms with Crippen molar-refractivity contribution in [3.63, 3.8) is 0 Å². The number of aliphatic imine (C=N–C) groups is 1. The van der Waals surface area contributed by atoms with Gasteiger partial charge in [-0.1, -0.05) is 0 Å². The van der Waals surface area contributed by atoms with E-state index in [0.717, 1.165) is 12.3 Å². The molecule has 37 heavy (non-hydrogen) atoms. The number of amides is 1. The van der Waals surface area contributed by atoms with Gasteiger partial charge in [-0.15, -0.1) is 0 Å². The van der Waals surface area contributed by atoms with Crippen LogP contribution >= 0.6 is 0 Å². The Kier molecular flexibility index (Phi) is 6.82. The van der Waals surface area contributed by atoms with Crippen LogP contribution in [0.1, 0.15) is 38.6 Å². The van der Waals surface area contributed by atoms with Gasteiger partial charge in [0.25, 0.3) is 5.91 Å². The normalized spacial score (nSPS) is 19.1. The number of amidine groups is 1. The molecule has 3 heterocycles. The lowest BCUT2D eigenvalue weighted by Gasteiger charge is -2.26. The summed E-state index contributed by atoms with van der Waals surface area (Å²) in [7, 11) is -2.88. The predicted octanol–water partition coefficient (Wildman–Crippen LogP) is 2.86. The van der Waals surface area contributed by atoms with E-state index >= 15 is 0 Å². The smallest absolute Gasteiger partial charge is 0.416 e. The monoisotopic (exact) mass is 538 g/mol. The molecule has 2 aromatic heterocycles. The molecule has 1 amide bonds. The van der Waals surface area contributed by atoms with Gasteiger partial charge in [0.15, 0.2) is 15.1 Å². The van der Waals surface area contributed by atoms with Crippen molar-refractivity contribution in [3.05, 3.63) is 77.3 Å². The largest absolute Gasteiger partial charge is 0.480 e.